The van der Waals surface area contributed by atoms with Crippen LogP contribution in [0.5, 0.6) is 5.75 Å². The summed E-state index contributed by atoms with van der Waals surface area (Å²) in [5.41, 5.74) is 3.91. The molecule has 15 nitrogen and oxygen atoms in total. The number of hydrogen-bond acceptors (Lipinski definition) is 13. The zero-order chi connectivity index (χ0) is 49.1. The molecule has 1 aliphatic heterocycles. The second-order valence-corrected chi connectivity index (χ2v) is 20.9. The Bertz CT molecular complexity index is 2530. The minimum Gasteiger partial charge on any atom is -0.487 e. The van der Waals surface area contributed by atoms with Crippen molar-refractivity contribution in [2.45, 2.75) is 110 Å². The van der Waals surface area contributed by atoms with E-state index in [4.69, 9.17) is 26.1 Å². The molecular weight excluding hydrogens is 943 g/mol. The highest BCUT2D eigenvalue weighted by Crippen LogP contribution is 2.41. The number of ether oxygens (including phenoxy) is 2. The Labute approximate surface area is 415 Å². The van der Waals surface area contributed by atoms with Crippen molar-refractivity contribution >= 4 is 68.9 Å². The molecule has 7 rings (SSSR count). The molecule has 2 fully saturated rings. The van der Waals surface area contributed by atoms with Crippen LogP contribution in [-0.4, -0.2) is 99.2 Å². The van der Waals surface area contributed by atoms with Crippen LogP contribution in [0.4, 0.5) is 15.3 Å². The predicted octanol–water partition coefficient (Wildman–Crippen LogP) is 7.78. The van der Waals surface area contributed by atoms with Crippen LogP contribution in [0, 0.1) is 23.6 Å². The zero-order valence-corrected chi connectivity index (χ0v) is 41.7. The van der Waals surface area contributed by atoms with E-state index < -0.39 is 46.6 Å². The number of unbranched alkanes of at least 4 members (excludes halogenated alkanes) is 1. The van der Waals surface area contributed by atoms with Crippen LogP contribution in [0.15, 0.2) is 77.8 Å². The van der Waals surface area contributed by atoms with E-state index in [2.05, 4.69) is 31.2 Å². The molecule has 1 saturated heterocycles. The van der Waals surface area contributed by atoms with Crippen molar-refractivity contribution in [2.75, 3.05) is 31.6 Å². The van der Waals surface area contributed by atoms with Gasteiger partial charge in [-0.3, -0.25) is 19.2 Å². The van der Waals surface area contributed by atoms with Gasteiger partial charge in [0.25, 0.3) is 0 Å². The minimum atomic E-state index is -0.994. The van der Waals surface area contributed by atoms with Gasteiger partial charge in [-0.1, -0.05) is 68.8 Å². The Hall–Kier alpha value is -5.53. The van der Waals surface area contributed by atoms with Crippen LogP contribution in [-0.2, 0) is 36.9 Å². The molecule has 4 amide bonds. The molecule has 5 N–H and O–H groups in total. The normalized spacial score (nSPS) is 19.7. The second-order valence-electron chi connectivity index (χ2n) is 18.8. The molecule has 19 heteroatoms. The fourth-order valence-electron chi connectivity index (χ4n) is 8.76. The average Bonchev–Trinajstić information content (AvgIpc) is 4.10. The number of aliphatic hydroxyl groups excluding tert-OH is 1. The number of anilines is 2. The summed E-state index contributed by atoms with van der Waals surface area (Å²) in [6.45, 7) is 7.95. The molecular formula is C50H60ClFN8O7S2. The maximum atomic E-state index is 14.7. The molecule has 69 heavy (non-hydrogen) atoms. The van der Waals surface area contributed by atoms with Crippen molar-refractivity contribution < 1.29 is 38.1 Å². The summed E-state index contributed by atoms with van der Waals surface area (Å²) in [6.07, 6.45) is 4.13. The third-order valence-corrected chi connectivity index (χ3v) is 14.5. The number of aliphatic hydroxyl groups is 1. The third-order valence-electron chi connectivity index (χ3n) is 12.5. The average molecular weight is 1000 g/mol. The highest BCUT2D eigenvalue weighted by atomic mass is 35.5. The first kappa shape index (κ1) is 51.3. The molecule has 1 aliphatic carbocycles. The summed E-state index contributed by atoms with van der Waals surface area (Å²) in [5.74, 6) is -1.34. The van der Waals surface area contributed by atoms with Crippen LogP contribution >= 0.6 is 34.3 Å². The van der Waals surface area contributed by atoms with Crippen molar-refractivity contribution in [3.63, 3.8) is 0 Å². The molecule has 2 aromatic carbocycles. The Balaban J connectivity index is 0.873. The van der Waals surface area contributed by atoms with Gasteiger partial charge in [0.15, 0.2) is 16.7 Å². The van der Waals surface area contributed by atoms with E-state index in [0.29, 0.717) is 62.4 Å². The van der Waals surface area contributed by atoms with Gasteiger partial charge in [-0.25, -0.2) is 19.3 Å². The number of carbonyl (C=O) groups is 4. The Morgan fingerprint density at radius 3 is 2.48 bits per heavy atom. The topological polar surface area (TPSA) is 197 Å². The molecule has 0 unspecified atom stereocenters. The number of carbonyl (C=O) groups excluding carboxylic acids is 4. The van der Waals surface area contributed by atoms with Crippen LogP contribution in [0.1, 0.15) is 82.7 Å². The number of benzene rings is 2. The van der Waals surface area contributed by atoms with Crippen LogP contribution < -0.4 is 26.0 Å². The number of halogens is 2. The van der Waals surface area contributed by atoms with Gasteiger partial charge in [0.1, 0.15) is 24.5 Å². The van der Waals surface area contributed by atoms with Gasteiger partial charge in [-0.05, 0) is 86.3 Å². The molecule has 5 aromatic rings. The van der Waals surface area contributed by atoms with E-state index in [1.807, 2.05) is 75.5 Å². The minimum absolute atomic E-state index is 0.0151. The lowest BCUT2D eigenvalue weighted by molar-refractivity contribution is -0.144. The van der Waals surface area contributed by atoms with Crippen LogP contribution in [0.25, 0.3) is 10.4 Å². The monoisotopic (exact) mass is 1000 g/mol. The maximum absolute atomic E-state index is 14.7. The number of aryl methyl sites for hydroxylation is 1. The lowest BCUT2D eigenvalue weighted by Gasteiger charge is -2.39. The van der Waals surface area contributed by atoms with Gasteiger partial charge in [-0.15, -0.1) is 22.7 Å². The molecule has 1 saturated carbocycles. The highest BCUT2D eigenvalue weighted by molar-refractivity contribution is 7.13. The van der Waals surface area contributed by atoms with E-state index in [-0.39, 0.29) is 61.4 Å². The van der Waals surface area contributed by atoms with Crippen molar-refractivity contribution in [3.05, 3.63) is 106 Å². The van der Waals surface area contributed by atoms with Gasteiger partial charge in [0.05, 0.1) is 38.7 Å². The van der Waals surface area contributed by atoms with Crippen molar-refractivity contribution in [2.24, 2.45) is 10.8 Å². The van der Waals surface area contributed by atoms with Crippen molar-refractivity contribution in [1.29, 1.82) is 0 Å². The van der Waals surface area contributed by atoms with Crippen LogP contribution in [0.3, 0.4) is 0 Å². The first-order chi connectivity index (χ1) is 33.1. The number of amides is 4. The number of rotatable bonds is 20. The number of pyridine rings is 1. The molecule has 3 atom stereocenters. The number of hydrogen-bond donors (Lipinski definition) is 5. The summed E-state index contributed by atoms with van der Waals surface area (Å²) in [5, 5.41) is 25.3. The van der Waals surface area contributed by atoms with Crippen molar-refractivity contribution in [3.8, 4) is 16.2 Å². The quantitative estimate of drug-likeness (QED) is 0.0478. The van der Waals surface area contributed by atoms with Gasteiger partial charge < -0.3 is 40.7 Å². The second kappa shape index (κ2) is 23.4. The van der Waals surface area contributed by atoms with Gasteiger partial charge in [0, 0.05) is 56.4 Å². The molecule has 4 heterocycles. The summed E-state index contributed by atoms with van der Waals surface area (Å²) < 4.78 is 26.5. The lowest BCUT2D eigenvalue weighted by Crippen LogP contribution is -2.58. The number of nitrogens with zero attached hydrogens (tertiary/aromatic N) is 4. The smallest absolute Gasteiger partial charge is 0.246 e. The first-order valence-electron chi connectivity index (χ1n) is 23.2. The van der Waals surface area contributed by atoms with E-state index in [1.165, 1.54) is 22.3 Å². The number of thiazole rings is 2. The van der Waals surface area contributed by atoms with Gasteiger partial charge in [0.2, 0.25) is 23.6 Å². The lowest BCUT2D eigenvalue weighted by atomic mass is 9.69. The number of likely N-dealkylation sites (tertiary alicyclic amines) is 1. The summed E-state index contributed by atoms with van der Waals surface area (Å²) in [4.78, 5) is 70.8. The molecule has 0 bridgehead atoms. The fourth-order valence-corrected chi connectivity index (χ4v) is 10.3. The molecule has 0 radical (unpaired) electrons. The van der Waals surface area contributed by atoms with Crippen molar-refractivity contribution in [1.82, 2.24) is 35.8 Å². The largest absolute Gasteiger partial charge is 0.487 e. The maximum Gasteiger partial charge on any atom is 0.246 e. The Kier molecular flexibility index (Phi) is 17.4. The molecule has 3 aromatic heterocycles. The van der Waals surface area contributed by atoms with Gasteiger partial charge in [-0.2, -0.15) is 0 Å². The fraction of sp³-hybridized carbons (Fsp3) is 0.460. The number of aromatic nitrogens is 3. The van der Waals surface area contributed by atoms with E-state index in [0.717, 1.165) is 27.4 Å². The number of nitrogens with one attached hydrogen (secondary N) is 4. The number of β-amino-alcohol motifs (C(OH)–C–C–N with tert-alkyl or cyclic N) is 1. The molecule has 368 valence electrons. The summed E-state index contributed by atoms with van der Waals surface area (Å²) in [7, 11) is 0. The van der Waals surface area contributed by atoms with E-state index in [1.54, 1.807) is 35.2 Å². The van der Waals surface area contributed by atoms with Crippen LogP contribution in [0.2, 0.25) is 5.02 Å². The van der Waals surface area contributed by atoms with E-state index in [9.17, 15) is 28.7 Å². The standard InChI is InChI=1S/C50H60ClFN8O7S2/c1-31-43(69-30-56-31)33-15-13-32(14-16-33)27-55-45(63)38-25-35(61)28-60(38)46(64)44(49(2,3)4)59-41(62)29-66-23-6-5-21-53-47(65)50(26-34-9-7-12-40(57-34)58-48-54-22-24-68-48)19-17-36(18-20-50)67-39-11-8-10-37(51)42(39)52/h7-16,22,24,30,35-36,38,44,61H,5-6,17-21,23,25-29H2,1-4H3,(H,53,65)(H,55,63)(H,59,62)(H,54,57,58)/t35-,36-,38+,44-,50-/m1/s1. The van der Waals surface area contributed by atoms with E-state index >= 15 is 0 Å². The molecule has 2 aliphatic rings. The Morgan fingerprint density at radius 2 is 1.77 bits per heavy atom. The van der Waals surface area contributed by atoms with Gasteiger partial charge >= 0.3 is 0 Å². The summed E-state index contributed by atoms with van der Waals surface area (Å²) in [6, 6.07) is 16.2. The summed E-state index contributed by atoms with van der Waals surface area (Å²) >= 11 is 9.02. The zero-order valence-electron chi connectivity index (χ0n) is 39.3. The molecule has 0 spiro atoms. The SMILES string of the molecule is Cc1ncsc1-c1ccc(CNC(=O)[C@@H]2C[C@@H](O)CN2C(=O)[C@@H](NC(=O)COCCCCNC(=O)[C@]2(Cc3cccc(Nc4nccs4)n3)CC[C@@H](Oc3cccc(Cl)c3F)CC2)C(C)(C)C)cc1. The Morgan fingerprint density at radius 1 is 1.00 bits per heavy atom. The predicted molar refractivity (Wildman–Crippen MR) is 265 cm³/mol. The first-order valence-corrected chi connectivity index (χ1v) is 25.4. The highest BCUT2D eigenvalue weighted by Gasteiger charge is 2.45. The third kappa shape index (κ3) is 13.6.